The van der Waals surface area contributed by atoms with Crippen molar-refractivity contribution in [2.75, 3.05) is 27.2 Å². The van der Waals surface area contributed by atoms with Crippen LogP contribution in [0.25, 0.3) is 0 Å². The van der Waals surface area contributed by atoms with Crippen molar-refractivity contribution in [1.29, 1.82) is 0 Å². The molecular weight excluding hydrogens is 248 g/mol. The highest BCUT2D eigenvalue weighted by Gasteiger charge is 2.22. The summed E-state index contributed by atoms with van der Waals surface area (Å²) in [5.74, 6) is -0.229. The molecule has 0 fully saturated rings. The van der Waals surface area contributed by atoms with E-state index in [0.717, 1.165) is 0 Å². The number of likely N-dealkylation sites (N-methyl/N-ethyl adjacent to an activating group) is 1. The van der Waals surface area contributed by atoms with Crippen LogP contribution in [0.5, 0.6) is 0 Å². The number of aliphatic hydroxyl groups is 1. The summed E-state index contributed by atoms with van der Waals surface area (Å²) in [7, 11) is 3.72. The molecule has 0 saturated carbocycles. The van der Waals surface area contributed by atoms with E-state index in [1.165, 1.54) is 4.68 Å². The number of aromatic nitrogens is 3. The number of nitrogens with one attached hydrogen (secondary N) is 1. The second kappa shape index (κ2) is 6.60. The first-order valence-electron chi connectivity index (χ1n) is 6.05. The molecule has 8 heteroatoms. The van der Waals surface area contributed by atoms with Crippen molar-refractivity contribution in [3.05, 3.63) is 11.9 Å². The van der Waals surface area contributed by atoms with Crippen LogP contribution in [0.2, 0.25) is 0 Å². The van der Waals surface area contributed by atoms with Gasteiger partial charge in [-0.15, -0.1) is 5.10 Å². The van der Waals surface area contributed by atoms with Gasteiger partial charge in [0, 0.05) is 19.6 Å². The summed E-state index contributed by atoms with van der Waals surface area (Å²) in [5, 5.41) is 20.3. The zero-order chi connectivity index (χ0) is 14.5. The van der Waals surface area contributed by atoms with Gasteiger partial charge in [-0.3, -0.25) is 4.79 Å². The van der Waals surface area contributed by atoms with Crippen LogP contribution in [-0.2, 0) is 17.9 Å². The van der Waals surface area contributed by atoms with Gasteiger partial charge >= 0.3 is 0 Å². The number of rotatable bonds is 7. The molecule has 0 bridgehead atoms. The number of nitrogens with zero attached hydrogens (tertiary/aromatic N) is 4. The van der Waals surface area contributed by atoms with Crippen molar-refractivity contribution in [3.8, 4) is 0 Å². The van der Waals surface area contributed by atoms with E-state index in [9.17, 15) is 9.90 Å². The normalized spacial score (nSPS) is 14.4. The average Bonchev–Trinajstić information content (AvgIpc) is 2.72. The van der Waals surface area contributed by atoms with E-state index >= 15 is 0 Å². The number of carbonyl (C=O) groups excluding carboxylic acids is 1. The first-order valence-corrected chi connectivity index (χ1v) is 6.05. The molecule has 1 unspecified atom stereocenters. The van der Waals surface area contributed by atoms with Crippen LogP contribution in [0.15, 0.2) is 6.20 Å². The molecular formula is C11H22N6O2. The van der Waals surface area contributed by atoms with Gasteiger partial charge in [-0.05, 0) is 21.0 Å². The molecule has 0 aromatic carbocycles. The van der Waals surface area contributed by atoms with E-state index in [1.807, 2.05) is 19.0 Å². The fourth-order valence-electron chi connectivity index (χ4n) is 1.74. The molecule has 1 heterocycles. The molecule has 0 spiro atoms. The third-order valence-electron chi connectivity index (χ3n) is 2.42. The van der Waals surface area contributed by atoms with Gasteiger partial charge in [0.2, 0.25) is 5.91 Å². The van der Waals surface area contributed by atoms with Crippen LogP contribution >= 0.6 is 0 Å². The molecule has 1 aromatic rings. The Hall–Kier alpha value is -1.51. The Kier molecular flexibility index (Phi) is 5.40. The van der Waals surface area contributed by atoms with Crippen molar-refractivity contribution in [1.82, 2.24) is 25.2 Å². The summed E-state index contributed by atoms with van der Waals surface area (Å²) >= 11 is 0. The van der Waals surface area contributed by atoms with E-state index in [4.69, 9.17) is 5.73 Å². The standard InChI is InChI=1S/C11H22N6O2/c1-11(19,8-16(2)3)7-13-10(18)6-17-5-9(4-12)14-15-17/h5,19H,4,6-8,12H2,1-3H3,(H,13,18). The minimum absolute atomic E-state index is 0.0606. The summed E-state index contributed by atoms with van der Waals surface area (Å²) in [5.41, 5.74) is 5.07. The molecule has 108 valence electrons. The minimum atomic E-state index is -0.968. The van der Waals surface area contributed by atoms with Gasteiger partial charge in [-0.25, -0.2) is 4.68 Å². The maximum Gasteiger partial charge on any atom is 0.241 e. The topological polar surface area (TPSA) is 109 Å². The van der Waals surface area contributed by atoms with Crippen molar-refractivity contribution < 1.29 is 9.90 Å². The Morgan fingerprint density at radius 2 is 2.32 bits per heavy atom. The number of hydrogen-bond donors (Lipinski definition) is 3. The Morgan fingerprint density at radius 3 is 2.84 bits per heavy atom. The second-order valence-electron chi connectivity index (χ2n) is 5.12. The molecule has 0 saturated heterocycles. The fraction of sp³-hybridized carbons (Fsp3) is 0.727. The quantitative estimate of drug-likeness (QED) is 0.537. The lowest BCUT2D eigenvalue weighted by molar-refractivity contribution is -0.123. The van der Waals surface area contributed by atoms with Gasteiger partial charge in [-0.1, -0.05) is 5.21 Å². The Balaban J connectivity index is 2.39. The Bertz CT molecular complexity index is 415. The Morgan fingerprint density at radius 1 is 1.63 bits per heavy atom. The lowest BCUT2D eigenvalue weighted by atomic mass is 10.1. The van der Waals surface area contributed by atoms with E-state index in [1.54, 1.807) is 13.1 Å². The van der Waals surface area contributed by atoms with Crippen LogP contribution < -0.4 is 11.1 Å². The number of carbonyl (C=O) groups is 1. The zero-order valence-corrected chi connectivity index (χ0v) is 11.6. The molecule has 8 nitrogen and oxygen atoms in total. The van der Waals surface area contributed by atoms with Crippen molar-refractivity contribution in [2.45, 2.75) is 25.6 Å². The molecule has 19 heavy (non-hydrogen) atoms. The number of hydrogen-bond acceptors (Lipinski definition) is 6. The van der Waals surface area contributed by atoms with E-state index < -0.39 is 5.60 Å². The van der Waals surface area contributed by atoms with E-state index in [2.05, 4.69) is 15.6 Å². The number of amides is 1. The van der Waals surface area contributed by atoms with Crippen LogP contribution in [0, 0.1) is 0 Å². The van der Waals surface area contributed by atoms with Gasteiger partial charge < -0.3 is 21.1 Å². The highest BCUT2D eigenvalue weighted by molar-refractivity contribution is 5.75. The molecule has 1 aromatic heterocycles. The lowest BCUT2D eigenvalue weighted by Gasteiger charge is -2.27. The Labute approximate surface area is 112 Å². The third kappa shape index (κ3) is 5.77. The molecule has 1 amide bonds. The van der Waals surface area contributed by atoms with Gasteiger partial charge in [0.1, 0.15) is 6.54 Å². The highest BCUT2D eigenvalue weighted by atomic mass is 16.3. The summed E-state index contributed by atoms with van der Waals surface area (Å²) in [6.07, 6.45) is 1.62. The van der Waals surface area contributed by atoms with Crippen molar-refractivity contribution in [2.24, 2.45) is 5.73 Å². The fourth-order valence-corrected chi connectivity index (χ4v) is 1.74. The third-order valence-corrected chi connectivity index (χ3v) is 2.42. The zero-order valence-electron chi connectivity index (χ0n) is 11.6. The molecule has 4 N–H and O–H groups in total. The summed E-state index contributed by atoms with van der Waals surface area (Å²) in [6.45, 7) is 2.68. The first kappa shape index (κ1) is 15.5. The second-order valence-corrected chi connectivity index (χ2v) is 5.12. The first-order chi connectivity index (χ1) is 8.82. The lowest BCUT2D eigenvalue weighted by Crippen LogP contribution is -2.47. The van der Waals surface area contributed by atoms with Crippen LogP contribution in [0.3, 0.4) is 0 Å². The molecule has 0 aliphatic carbocycles. The van der Waals surface area contributed by atoms with Gasteiger partial charge in [0.15, 0.2) is 0 Å². The van der Waals surface area contributed by atoms with Crippen LogP contribution in [0.1, 0.15) is 12.6 Å². The smallest absolute Gasteiger partial charge is 0.241 e. The maximum absolute atomic E-state index is 11.7. The molecule has 0 aliphatic rings. The number of nitrogens with two attached hydrogens (primary N) is 1. The summed E-state index contributed by atoms with van der Waals surface area (Å²) in [6, 6.07) is 0. The highest BCUT2D eigenvalue weighted by Crippen LogP contribution is 2.02. The largest absolute Gasteiger partial charge is 0.387 e. The SMILES string of the molecule is CN(C)CC(C)(O)CNC(=O)Cn1cc(CN)nn1. The van der Waals surface area contributed by atoms with E-state index in [-0.39, 0.29) is 19.0 Å². The minimum Gasteiger partial charge on any atom is -0.387 e. The molecule has 0 radical (unpaired) electrons. The van der Waals surface area contributed by atoms with Gasteiger partial charge in [0.25, 0.3) is 0 Å². The monoisotopic (exact) mass is 270 g/mol. The molecule has 1 rings (SSSR count). The van der Waals surface area contributed by atoms with Crippen molar-refractivity contribution >= 4 is 5.91 Å². The molecule has 1 atom stereocenters. The average molecular weight is 270 g/mol. The predicted octanol–water partition coefficient (Wildman–Crippen LogP) is -1.83. The molecule has 0 aliphatic heterocycles. The summed E-state index contributed by atoms with van der Waals surface area (Å²) < 4.78 is 1.41. The van der Waals surface area contributed by atoms with Crippen LogP contribution in [0.4, 0.5) is 0 Å². The van der Waals surface area contributed by atoms with E-state index in [0.29, 0.717) is 18.8 Å². The van der Waals surface area contributed by atoms with Crippen molar-refractivity contribution in [3.63, 3.8) is 0 Å². The maximum atomic E-state index is 11.7. The summed E-state index contributed by atoms with van der Waals surface area (Å²) in [4.78, 5) is 13.5. The van der Waals surface area contributed by atoms with Gasteiger partial charge in [-0.2, -0.15) is 0 Å². The van der Waals surface area contributed by atoms with Gasteiger partial charge in [0.05, 0.1) is 17.5 Å². The predicted molar refractivity (Wildman–Crippen MR) is 70.1 cm³/mol. The van der Waals surface area contributed by atoms with Crippen LogP contribution in [-0.4, -0.2) is 63.7 Å².